The molecule has 1 aromatic heterocycles. The van der Waals surface area contributed by atoms with Crippen LogP contribution in [0.15, 0.2) is 27.7 Å². The van der Waals surface area contributed by atoms with Gasteiger partial charge in [-0.05, 0) is 28.1 Å². The van der Waals surface area contributed by atoms with Gasteiger partial charge in [-0.2, -0.15) is 8.42 Å². The maximum absolute atomic E-state index is 11.0. The highest BCUT2D eigenvalue weighted by molar-refractivity contribution is 9.10. The smallest absolute Gasteiger partial charge is 0.296 e. The molecule has 1 aromatic carbocycles. The molecular weight excluding hydrogens is 306 g/mol. The molecule has 0 radical (unpaired) electrons. The third-order valence-corrected chi connectivity index (χ3v) is 4.25. The molecule has 0 bridgehead atoms. The lowest BCUT2D eigenvalue weighted by molar-refractivity contribution is 0.484. The van der Waals surface area contributed by atoms with Crippen LogP contribution in [0.2, 0.25) is 5.02 Å². The van der Waals surface area contributed by atoms with E-state index in [1.165, 1.54) is 12.3 Å². The van der Waals surface area contributed by atoms with Crippen molar-refractivity contribution in [3.63, 3.8) is 0 Å². The van der Waals surface area contributed by atoms with Gasteiger partial charge in [-0.25, -0.2) is 0 Å². The molecule has 0 aliphatic carbocycles. The van der Waals surface area contributed by atoms with Crippen LogP contribution in [-0.2, 0) is 10.1 Å². The zero-order chi connectivity index (χ0) is 11.2. The van der Waals surface area contributed by atoms with Crippen molar-refractivity contribution in [1.29, 1.82) is 0 Å². The van der Waals surface area contributed by atoms with Crippen molar-refractivity contribution < 1.29 is 13.0 Å². The van der Waals surface area contributed by atoms with E-state index >= 15 is 0 Å². The Kier molecular flexibility index (Phi) is 2.54. The summed E-state index contributed by atoms with van der Waals surface area (Å²) in [6.45, 7) is 0. The van der Waals surface area contributed by atoms with Crippen molar-refractivity contribution in [2.75, 3.05) is 0 Å². The number of hydrogen-bond donors (Lipinski definition) is 2. The van der Waals surface area contributed by atoms with Crippen LogP contribution in [0.1, 0.15) is 0 Å². The van der Waals surface area contributed by atoms with Crippen molar-refractivity contribution in [3.8, 4) is 0 Å². The maximum atomic E-state index is 11.0. The van der Waals surface area contributed by atoms with Gasteiger partial charge in [-0.15, -0.1) is 0 Å². The average molecular weight is 311 g/mol. The van der Waals surface area contributed by atoms with E-state index < -0.39 is 10.1 Å². The molecule has 7 heteroatoms. The van der Waals surface area contributed by atoms with E-state index in [1.807, 2.05) is 0 Å². The van der Waals surface area contributed by atoms with Gasteiger partial charge < -0.3 is 4.98 Å². The van der Waals surface area contributed by atoms with Crippen molar-refractivity contribution in [3.05, 3.63) is 27.8 Å². The monoisotopic (exact) mass is 309 g/mol. The molecule has 0 aliphatic heterocycles. The second-order valence-corrected chi connectivity index (χ2v) is 5.50. The van der Waals surface area contributed by atoms with Crippen LogP contribution < -0.4 is 0 Å². The molecule has 0 saturated heterocycles. The van der Waals surface area contributed by atoms with Gasteiger partial charge in [0.15, 0.2) is 0 Å². The number of H-pyrrole nitrogens is 1. The van der Waals surface area contributed by atoms with E-state index in [2.05, 4.69) is 20.9 Å². The minimum absolute atomic E-state index is 0.158. The summed E-state index contributed by atoms with van der Waals surface area (Å²) < 4.78 is 31.5. The molecule has 2 N–H and O–H groups in total. The van der Waals surface area contributed by atoms with Crippen molar-refractivity contribution >= 4 is 48.6 Å². The summed E-state index contributed by atoms with van der Waals surface area (Å²) in [5, 5.41) is 0.861. The maximum Gasteiger partial charge on any atom is 0.296 e. The molecule has 15 heavy (non-hydrogen) atoms. The summed E-state index contributed by atoms with van der Waals surface area (Å²) in [6.07, 6.45) is 1.22. The lowest BCUT2D eigenvalue weighted by Gasteiger charge is -1.98. The van der Waals surface area contributed by atoms with Gasteiger partial charge in [0.2, 0.25) is 0 Å². The Hall–Kier alpha value is -0.560. The van der Waals surface area contributed by atoms with E-state index in [4.69, 9.17) is 16.2 Å². The SMILES string of the molecule is O=S(=O)(O)c1c[nH]c2c(Br)c(Cl)ccc12. The molecule has 80 valence electrons. The van der Waals surface area contributed by atoms with Crippen molar-refractivity contribution in [1.82, 2.24) is 4.98 Å². The van der Waals surface area contributed by atoms with Gasteiger partial charge in [0, 0.05) is 11.6 Å². The summed E-state index contributed by atoms with van der Waals surface area (Å²) in [5.74, 6) is 0. The fraction of sp³-hybridized carbons (Fsp3) is 0. The first kappa shape index (κ1) is 10.9. The minimum Gasteiger partial charge on any atom is -0.359 e. The highest BCUT2D eigenvalue weighted by Crippen LogP contribution is 2.33. The lowest BCUT2D eigenvalue weighted by Crippen LogP contribution is -1.95. The zero-order valence-corrected chi connectivity index (χ0v) is 10.3. The van der Waals surface area contributed by atoms with E-state index in [9.17, 15) is 8.42 Å². The Labute approximate surface area is 99.1 Å². The Morgan fingerprint density at radius 2 is 2.07 bits per heavy atom. The van der Waals surface area contributed by atoms with Gasteiger partial charge in [0.1, 0.15) is 4.90 Å². The summed E-state index contributed by atoms with van der Waals surface area (Å²) >= 11 is 9.05. The molecule has 0 unspecified atom stereocenters. The second kappa shape index (κ2) is 3.48. The molecule has 0 atom stereocenters. The number of nitrogens with one attached hydrogen (secondary N) is 1. The molecule has 0 fully saturated rings. The summed E-state index contributed by atoms with van der Waals surface area (Å²) in [6, 6.07) is 3.08. The molecule has 0 aliphatic rings. The number of hydrogen-bond acceptors (Lipinski definition) is 2. The molecule has 0 saturated carbocycles. The number of halogens is 2. The van der Waals surface area contributed by atoms with Crippen LogP contribution in [0.3, 0.4) is 0 Å². The van der Waals surface area contributed by atoms with Crippen LogP contribution in [0, 0.1) is 0 Å². The van der Waals surface area contributed by atoms with Crippen LogP contribution in [0.4, 0.5) is 0 Å². The third-order valence-electron chi connectivity index (χ3n) is 1.99. The molecule has 4 nitrogen and oxygen atoms in total. The highest BCUT2D eigenvalue weighted by atomic mass is 79.9. The third kappa shape index (κ3) is 1.78. The highest BCUT2D eigenvalue weighted by Gasteiger charge is 2.17. The topological polar surface area (TPSA) is 70.2 Å². The van der Waals surface area contributed by atoms with Crippen LogP contribution in [0.5, 0.6) is 0 Å². The Bertz CT molecular complexity index is 635. The van der Waals surface area contributed by atoms with Crippen LogP contribution >= 0.6 is 27.5 Å². The molecule has 1 heterocycles. The Balaban J connectivity index is 2.90. The predicted octanol–water partition coefficient (Wildman–Crippen LogP) is 2.83. The van der Waals surface area contributed by atoms with E-state index in [0.29, 0.717) is 20.4 Å². The molecule has 2 rings (SSSR count). The molecular formula is C8H5BrClNO3S. The van der Waals surface area contributed by atoms with Gasteiger partial charge in [-0.3, -0.25) is 4.55 Å². The molecule has 0 amide bonds. The van der Waals surface area contributed by atoms with Gasteiger partial charge in [0.25, 0.3) is 10.1 Å². The zero-order valence-electron chi connectivity index (χ0n) is 7.16. The standard InChI is InChI=1S/C8H5BrClNO3S/c9-7-5(10)2-1-4-6(15(12,13)14)3-11-8(4)7/h1-3,11H,(H,12,13,14). The summed E-state index contributed by atoms with van der Waals surface area (Å²) in [7, 11) is -4.21. The van der Waals surface area contributed by atoms with E-state index in [1.54, 1.807) is 6.07 Å². The van der Waals surface area contributed by atoms with Crippen LogP contribution in [-0.4, -0.2) is 18.0 Å². The Morgan fingerprint density at radius 3 is 2.67 bits per heavy atom. The number of fused-ring (bicyclic) bond motifs is 1. The van der Waals surface area contributed by atoms with Gasteiger partial charge in [0.05, 0.1) is 15.0 Å². The van der Waals surface area contributed by atoms with E-state index in [-0.39, 0.29) is 4.90 Å². The van der Waals surface area contributed by atoms with Gasteiger partial charge in [-0.1, -0.05) is 11.6 Å². The Morgan fingerprint density at radius 1 is 1.40 bits per heavy atom. The largest absolute Gasteiger partial charge is 0.359 e. The normalized spacial score (nSPS) is 12.2. The first-order chi connectivity index (χ1) is 6.91. The molecule has 2 aromatic rings. The summed E-state index contributed by atoms with van der Waals surface area (Å²) in [4.78, 5) is 2.58. The number of aromatic amines is 1. The fourth-order valence-corrected chi connectivity index (χ4v) is 2.60. The summed E-state index contributed by atoms with van der Waals surface area (Å²) in [5.41, 5.74) is 0.537. The molecule has 0 spiro atoms. The quantitative estimate of drug-likeness (QED) is 0.796. The number of rotatable bonds is 1. The second-order valence-electron chi connectivity index (χ2n) is 2.91. The first-order valence-corrected chi connectivity index (χ1v) is 6.45. The number of aromatic nitrogens is 1. The van der Waals surface area contributed by atoms with Crippen molar-refractivity contribution in [2.24, 2.45) is 0 Å². The average Bonchev–Trinajstić information content (AvgIpc) is 2.54. The van der Waals surface area contributed by atoms with Crippen LogP contribution in [0.25, 0.3) is 10.9 Å². The fourth-order valence-electron chi connectivity index (χ4n) is 1.33. The van der Waals surface area contributed by atoms with Gasteiger partial charge >= 0.3 is 0 Å². The lowest BCUT2D eigenvalue weighted by atomic mass is 10.2. The number of benzene rings is 1. The predicted molar refractivity (Wildman–Crippen MR) is 60.8 cm³/mol. The minimum atomic E-state index is -4.21. The van der Waals surface area contributed by atoms with E-state index in [0.717, 1.165) is 0 Å². The first-order valence-electron chi connectivity index (χ1n) is 3.84. The van der Waals surface area contributed by atoms with Crippen molar-refractivity contribution in [2.45, 2.75) is 4.90 Å².